The molecular formula is C13H20N2O2S. The Kier molecular flexibility index (Phi) is 3.63. The number of thioether (sulfide) groups is 1. The molecule has 100 valence electrons. The summed E-state index contributed by atoms with van der Waals surface area (Å²) >= 11 is 1.67. The Morgan fingerprint density at radius 1 is 1.50 bits per heavy atom. The van der Waals surface area contributed by atoms with Gasteiger partial charge in [-0.05, 0) is 31.6 Å². The largest absolute Gasteiger partial charge is 0.386 e. The van der Waals surface area contributed by atoms with Crippen LogP contribution < -0.4 is 5.32 Å². The summed E-state index contributed by atoms with van der Waals surface area (Å²) in [6.45, 7) is 4.66. The first-order valence-electron chi connectivity index (χ1n) is 6.70. The molecule has 0 radical (unpaired) electrons. The summed E-state index contributed by atoms with van der Waals surface area (Å²) in [4.78, 5) is 4.67. The van der Waals surface area contributed by atoms with Crippen molar-refractivity contribution < 1.29 is 9.84 Å². The summed E-state index contributed by atoms with van der Waals surface area (Å²) in [5.74, 6) is 0.854. The zero-order valence-electron chi connectivity index (χ0n) is 10.4. The molecule has 0 aromatic heterocycles. The van der Waals surface area contributed by atoms with Gasteiger partial charge in [0, 0.05) is 6.54 Å². The number of rotatable bonds is 4. The number of aliphatic hydroxyl groups excluding tert-OH is 1. The second kappa shape index (κ2) is 5.23. The highest BCUT2D eigenvalue weighted by Gasteiger charge is 2.39. The number of amidine groups is 1. The van der Waals surface area contributed by atoms with Crippen LogP contribution in [0.1, 0.15) is 25.7 Å². The molecule has 5 heteroatoms. The van der Waals surface area contributed by atoms with Crippen LogP contribution in [0.15, 0.2) is 17.6 Å². The molecule has 2 heterocycles. The third-order valence-corrected chi connectivity index (χ3v) is 4.87. The van der Waals surface area contributed by atoms with Crippen molar-refractivity contribution in [2.75, 3.05) is 6.54 Å². The van der Waals surface area contributed by atoms with E-state index in [1.807, 2.05) is 0 Å². The van der Waals surface area contributed by atoms with Gasteiger partial charge in [0.2, 0.25) is 0 Å². The topological polar surface area (TPSA) is 53.9 Å². The number of ether oxygens (including phenoxy) is 1. The van der Waals surface area contributed by atoms with Crippen LogP contribution in [0.25, 0.3) is 0 Å². The maximum absolute atomic E-state index is 9.75. The number of hydrogen-bond acceptors (Lipinski definition) is 5. The van der Waals surface area contributed by atoms with Crippen molar-refractivity contribution in [2.45, 2.75) is 49.4 Å². The lowest BCUT2D eigenvalue weighted by Gasteiger charge is -2.32. The van der Waals surface area contributed by atoms with Gasteiger partial charge in [-0.15, -0.1) is 6.58 Å². The molecule has 4 nitrogen and oxygen atoms in total. The molecule has 1 aliphatic carbocycles. The summed E-state index contributed by atoms with van der Waals surface area (Å²) in [5.41, 5.74) is 0.0695. The van der Waals surface area contributed by atoms with Gasteiger partial charge in [0.15, 0.2) is 5.17 Å². The van der Waals surface area contributed by atoms with Crippen molar-refractivity contribution in [3.8, 4) is 0 Å². The van der Waals surface area contributed by atoms with Gasteiger partial charge in [0.25, 0.3) is 0 Å². The normalized spacial score (nSPS) is 36.7. The third kappa shape index (κ3) is 2.73. The predicted octanol–water partition coefficient (Wildman–Crippen LogP) is 1.51. The van der Waals surface area contributed by atoms with Crippen LogP contribution in [0.2, 0.25) is 0 Å². The number of nitrogens with one attached hydrogen (secondary N) is 1. The Hall–Kier alpha value is -0.520. The smallest absolute Gasteiger partial charge is 0.159 e. The van der Waals surface area contributed by atoms with Gasteiger partial charge < -0.3 is 15.2 Å². The van der Waals surface area contributed by atoms with E-state index in [2.05, 4.69) is 16.9 Å². The highest BCUT2D eigenvalue weighted by Crippen LogP contribution is 2.36. The van der Waals surface area contributed by atoms with Crippen LogP contribution in [0.4, 0.5) is 0 Å². The highest BCUT2D eigenvalue weighted by molar-refractivity contribution is 8.14. The number of aliphatic imine (C=N–C) groups is 1. The molecule has 3 rings (SSSR count). The molecule has 2 aliphatic heterocycles. The average Bonchev–Trinajstić information content (AvgIpc) is 3.13. The van der Waals surface area contributed by atoms with E-state index < -0.39 is 6.10 Å². The van der Waals surface area contributed by atoms with Crippen molar-refractivity contribution in [2.24, 2.45) is 10.9 Å². The van der Waals surface area contributed by atoms with Gasteiger partial charge in [-0.3, -0.25) is 4.99 Å². The van der Waals surface area contributed by atoms with Crippen LogP contribution >= 0.6 is 11.8 Å². The molecule has 4 atom stereocenters. The average molecular weight is 268 g/mol. The Morgan fingerprint density at radius 2 is 2.33 bits per heavy atom. The van der Waals surface area contributed by atoms with Crippen LogP contribution in [-0.2, 0) is 4.74 Å². The van der Waals surface area contributed by atoms with Crippen molar-refractivity contribution in [1.29, 1.82) is 0 Å². The number of nitrogens with zero attached hydrogens (tertiary/aromatic N) is 1. The predicted molar refractivity (Wildman–Crippen MR) is 73.6 cm³/mol. The standard InChI is InChI=1S/C13H20N2O2S/c1-2-10(16)11-6-5-9-12(17-11)18-13(15-9)14-7-8-3-4-8/h2,8-12,16H,1,3-7H2,(H,14,15)/t9-,10+,11-,12-/m1/s1. The van der Waals surface area contributed by atoms with Crippen molar-refractivity contribution in [3.63, 3.8) is 0 Å². The van der Waals surface area contributed by atoms with Crippen LogP contribution in [0, 0.1) is 5.92 Å². The fourth-order valence-electron chi connectivity index (χ4n) is 2.37. The van der Waals surface area contributed by atoms with Gasteiger partial charge in [0.05, 0.1) is 18.2 Å². The summed E-state index contributed by atoms with van der Waals surface area (Å²) in [5, 5.41) is 14.2. The molecule has 1 saturated carbocycles. The zero-order valence-corrected chi connectivity index (χ0v) is 11.2. The van der Waals surface area contributed by atoms with Crippen LogP contribution in [0.3, 0.4) is 0 Å². The molecule has 18 heavy (non-hydrogen) atoms. The summed E-state index contributed by atoms with van der Waals surface area (Å²) in [6, 6.07) is 0.255. The molecule has 1 saturated heterocycles. The van der Waals surface area contributed by atoms with E-state index in [1.165, 1.54) is 12.8 Å². The second-order valence-electron chi connectivity index (χ2n) is 5.29. The van der Waals surface area contributed by atoms with Gasteiger partial charge in [0.1, 0.15) is 5.44 Å². The van der Waals surface area contributed by atoms with Gasteiger partial charge in [-0.2, -0.15) is 0 Å². The van der Waals surface area contributed by atoms with E-state index in [-0.39, 0.29) is 17.6 Å². The van der Waals surface area contributed by atoms with E-state index in [9.17, 15) is 5.11 Å². The molecule has 0 aromatic rings. The first kappa shape index (κ1) is 12.5. The first-order chi connectivity index (χ1) is 8.76. The number of fused-ring (bicyclic) bond motifs is 1. The fraction of sp³-hybridized carbons (Fsp3) is 0.769. The summed E-state index contributed by atoms with van der Waals surface area (Å²) in [6.07, 6.45) is 5.42. The Balaban J connectivity index is 1.51. The molecule has 0 amide bonds. The van der Waals surface area contributed by atoms with Crippen molar-refractivity contribution in [3.05, 3.63) is 12.7 Å². The molecular weight excluding hydrogens is 248 g/mol. The van der Waals surface area contributed by atoms with Crippen molar-refractivity contribution in [1.82, 2.24) is 5.32 Å². The Bertz CT molecular complexity index is 357. The fourth-order valence-corrected chi connectivity index (χ4v) is 3.50. The van der Waals surface area contributed by atoms with E-state index in [1.54, 1.807) is 17.8 Å². The summed E-state index contributed by atoms with van der Waals surface area (Å²) in [7, 11) is 0. The third-order valence-electron chi connectivity index (χ3n) is 3.74. The monoisotopic (exact) mass is 268 g/mol. The lowest BCUT2D eigenvalue weighted by molar-refractivity contribution is -0.0636. The van der Waals surface area contributed by atoms with Crippen molar-refractivity contribution >= 4 is 16.9 Å². The van der Waals surface area contributed by atoms with E-state index in [0.29, 0.717) is 0 Å². The van der Waals surface area contributed by atoms with Crippen LogP contribution in [-0.4, -0.2) is 40.5 Å². The molecule has 2 N–H and O–H groups in total. The number of hydrogen-bond donors (Lipinski definition) is 2. The van der Waals surface area contributed by atoms with Gasteiger partial charge in [-0.1, -0.05) is 17.8 Å². The molecule has 3 aliphatic rings. The second-order valence-corrected chi connectivity index (χ2v) is 6.38. The molecule has 0 unspecified atom stereocenters. The molecule has 0 spiro atoms. The summed E-state index contributed by atoms with van der Waals surface area (Å²) < 4.78 is 5.90. The quantitative estimate of drug-likeness (QED) is 0.759. The Labute approximate surface area is 112 Å². The number of aliphatic hydroxyl groups is 1. The highest BCUT2D eigenvalue weighted by atomic mass is 32.2. The molecule has 2 fully saturated rings. The Morgan fingerprint density at radius 3 is 3.06 bits per heavy atom. The lowest BCUT2D eigenvalue weighted by Crippen LogP contribution is -2.39. The SMILES string of the molecule is C=C[C@H](O)[C@H]1CC[C@H]2N=C(NCC3CC3)S[C@H]2O1. The van der Waals surface area contributed by atoms with E-state index in [0.717, 1.165) is 30.5 Å². The molecule has 0 aromatic carbocycles. The first-order valence-corrected chi connectivity index (χ1v) is 7.58. The van der Waals surface area contributed by atoms with Gasteiger partial charge in [-0.25, -0.2) is 0 Å². The van der Waals surface area contributed by atoms with E-state index in [4.69, 9.17) is 4.74 Å². The minimum atomic E-state index is -0.560. The van der Waals surface area contributed by atoms with Crippen LogP contribution in [0.5, 0.6) is 0 Å². The van der Waals surface area contributed by atoms with E-state index >= 15 is 0 Å². The maximum Gasteiger partial charge on any atom is 0.159 e. The maximum atomic E-state index is 9.75. The lowest BCUT2D eigenvalue weighted by atomic mass is 10.0. The minimum Gasteiger partial charge on any atom is -0.386 e. The zero-order chi connectivity index (χ0) is 12.5. The molecule has 0 bridgehead atoms. The van der Waals surface area contributed by atoms with Gasteiger partial charge >= 0.3 is 0 Å². The minimum absolute atomic E-state index is 0.0695.